The summed E-state index contributed by atoms with van der Waals surface area (Å²) >= 11 is 0. The Balaban J connectivity index is 2.10. The maximum atomic E-state index is 13.3. The largest absolute Gasteiger partial charge is 0.465 e. The molecule has 0 unspecified atom stereocenters. The maximum absolute atomic E-state index is 13.3. The number of rotatable bonds is 5. The van der Waals surface area contributed by atoms with Crippen LogP contribution in [0.25, 0.3) is 0 Å². The van der Waals surface area contributed by atoms with Crippen LogP contribution < -0.4 is 5.32 Å². The number of hydrogen-bond donors (Lipinski definition) is 1. The van der Waals surface area contributed by atoms with Gasteiger partial charge < -0.3 is 10.1 Å². The fourth-order valence-electron chi connectivity index (χ4n) is 2.00. The molecule has 1 aromatic heterocycles. The van der Waals surface area contributed by atoms with Gasteiger partial charge in [0.2, 0.25) is 5.91 Å². The van der Waals surface area contributed by atoms with Crippen LogP contribution in [0.2, 0.25) is 0 Å². The smallest absolute Gasteiger partial charge is 0.340 e. The van der Waals surface area contributed by atoms with Crippen molar-refractivity contribution in [2.45, 2.75) is 12.8 Å². The number of ether oxygens (including phenoxy) is 1. The van der Waals surface area contributed by atoms with Gasteiger partial charge in [-0.3, -0.25) is 9.48 Å². The summed E-state index contributed by atoms with van der Waals surface area (Å²) in [7, 11) is 2.87. The van der Waals surface area contributed by atoms with Crippen molar-refractivity contribution in [3.05, 3.63) is 47.3 Å². The number of aryl methyl sites for hydroxylation is 2. The molecule has 2 rings (SSSR count). The molecule has 0 bridgehead atoms. The topological polar surface area (TPSA) is 73.2 Å². The first kappa shape index (κ1) is 16.6. The van der Waals surface area contributed by atoms with Crippen LogP contribution >= 0.6 is 0 Å². The van der Waals surface area contributed by atoms with Gasteiger partial charge >= 0.3 is 5.97 Å². The third kappa shape index (κ3) is 4.12. The zero-order chi connectivity index (χ0) is 17.0. The van der Waals surface area contributed by atoms with Gasteiger partial charge in [-0.2, -0.15) is 5.10 Å². The third-order valence-corrected chi connectivity index (χ3v) is 3.14. The number of aromatic nitrogens is 2. The molecular weight excluding hydrogens is 308 g/mol. The molecule has 2 aromatic rings. The average Bonchev–Trinajstić information content (AvgIpc) is 2.93. The van der Waals surface area contributed by atoms with Crippen LogP contribution in [0.4, 0.5) is 14.5 Å². The number of carbonyl (C=O) groups is 2. The van der Waals surface area contributed by atoms with Crippen LogP contribution in [0.5, 0.6) is 0 Å². The highest BCUT2D eigenvalue weighted by atomic mass is 19.2. The molecule has 8 heteroatoms. The molecule has 6 nitrogen and oxygen atoms in total. The van der Waals surface area contributed by atoms with Crippen LogP contribution in [0.15, 0.2) is 24.5 Å². The van der Waals surface area contributed by atoms with E-state index >= 15 is 0 Å². The van der Waals surface area contributed by atoms with Crippen molar-refractivity contribution < 1.29 is 23.1 Å². The Labute approximate surface area is 131 Å². The molecule has 1 N–H and O–H groups in total. The quantitative estimate of drug-likeness (QED) is 0.855. The van der Waals surface area contributed by atoms with Gasteiger partial charge in [0.05, 0.1) is 24.6 Å². The van der Waals surface area contributed by atoms with Crippen molar-refractivity contribution in [3.63, 3.8) is 0 Å². The number of esters is 1. The number of nitrogens with zero attached hydrogens (tertiary/aromatic N) is 2. The number of methoxy groups -OCH3 is 1. The van der Waals surface area contributed by atoms with E-state index in [9.17, 15) is 18.4 Å². The zero-order valence-electron chi connectivity index (χ0n) is 12.6. The Morgan fingerprint density at radius 2 is 2.00 bits per heavy atom. The maximum Gasteiger partial charge on any atom is 0.340 e. The van der Waals surface area contributed by atoms with Crippen molar-refractivity contribution in [2.24, 2.45) is 7.05 Å². The molecule has 0 atom stereocenters. The van der Waals surface area contributed by atoms with E-state index in [4.69, 9.17) is 0 Å². The highest BCUT2D eigenvalue weighted by Crippen LogP contribution is 2.21. The van der Waals surface area contributed by atoms with Crippen molar-refractivity contribution in [3.8, 4) is 0 Å². The van der Waals surface area contributed by atoms with E-state index in [1.165, 1.54) is 0 Å². The lowest BCUT2D eigenvalue weighted by Crippen LogP contribution is -2.16. The summed E-state index contributed by atoms with van der Waals surface area (Å²) in [6.07, 6.45) is 3.93. The Morgan fingerprint density at radius 3 is 2.61 bits per heavy atom. The number of benzene rings is 1. The summed E-state index contributed by atoms with van der Waals surface area (Å²) in [4.78, 5) is 23.5. The van der Waals surface area contributed by atoms with Gasteiger partial charge in [0.1, 0.15) is 0 Å². The number of amides is 1. The highest BCUT2D eigenvalue weighted by Gasteiger charge is 2.18. The van der Waals surface area contributed by atoms with E-state index in [-0.39, 0.29) is 17.7 Å². The molecule has 0 aliphatic heterocycles. The van der Waals surface area contributed by atoms with Crippen LogP contribution in [-0.2, 0) is 23.0 Å². The van der Waals surface area contributed by atoms with E-state index in [1.807, 2.05) is 0 Å². The van der Waals surface area contributed by atoms with E-state index in [0.717, 1.165) is 18.7 Å². The van der Waals surface area contributed by atoms with Crippen LogP contribution in [0, 0.1) is 11.6 Å². The van der Waals surface area contributed by atoms with E-state index in [2.05, 4.69) is 15.2 Å². The molecule has 0 aliphatic carbocycles. The monoisotopic (exact) mass is 323 g/mol. The first-order valence-corrected chi connectivity index (χ1v) is 6.75. The summed E-state index contributed by atoms with van der Waals surface area (Å²) in [5.74, 6) is -3.67. The molecule has 1 aromatic carbocycles. The average molecular weight is 323 g/mol. The molecule has 0 aliphatic rings. The Kier molecular flexibility index (Phi) is 5.05. The van der Waals surface area contributed by atoms with Gasteiger partial charge in [0.25, 0.3) is 0 Å². The van der Waals surface area contributed by atoms with Crippen LogP contribution in [0.3, 0.4) is 0 Å². The minimum Gasteiger partial charge on any atom is -0.465 e. The van der Waals surface area contributed by atoms with Gasteiger partial charge in [0.15, 0.2) is 11.6 Å². The highest BCUT2D eigenvalue weighted by molar-refractivity contribution is 6.01. The summed E-state index contributed by atoms with van der Waals surface area (Å²) in [6.45, 7) is 0. The second-order valence-electron chi connectivity index (χ2n) is 4.87. The minimum atomic E-state index is -1.20. The molecule has 0 spiro atoms. The van der Waals surface area contributed by atoms with Gasteiger partial charge in [-0.25, -0.2) is 13.6 Å². The van der Waals surface area contributed by atoms with Crippen molar-refractivity contribution in [2.75, 3.05) is 12.4 Å². The Hall–Kier alpha value is -2.77. The standard InChI is InChI=1S/C15H15F2N3O3/c1-20-8-9(7-18-20)3-4-14(21)19-13-6-12(17)11(16)5-10(13)15(22)23-2/h5-8H,3-4H2,1-2H3,(H,19,21). The van der Waals surface area contributed by atoms with Gasteiger partial charge in [0, 0.05) is 25.7 Å². The number of anilines is 1. The summed E-state index contributed by atoms with van der Waals surface area (Å²) in [5.41, 5.74) is 0.481. The third-order valence-electron chi connectivity index (χ3n) is 3.14. The molecule has 23 heavy (non-hydrogen) atoms. The number of halogens is 2. The van der Waals surface area contributed by atoms with Crippen molar-refractivity contribution in [1.82, 2.24) is 9.78 Å². The lowest BCUT2D eigenvalue weighted by molar-refractivity contribution is -0.116. The Bertz CT molecular complexity index is 744. The molecule has 122 valence electrons. The van der Waals surface area contributed by atoms with Crippen LogP contribution in [-0.4, -0.2) is 28.8 Å². The van der Waals surface area contributed by atoms with E-state index in [1.54, 1.807) is 24.1 Å². The summed E-state index contributed by atoms with van der Waals surface area (Å²) in [5, 5.41) is 6.38. The second kappa shape index (κ2) is 6.99. The fraction of sp³-hybridized carbons (Fsp3) is 0.267. The Morgan fingerprint density at radius 1 is 1.30 bits per heavy atom. The first-order chi connectivity index (χ1) is 10.9. The normalized spacial score (nSPS) is 10.4. The van der Waals surface area contributed by atoms with Gasteiger partial charge in [-0.1, -0.05) is 0 Å². The second-order valence-corrected chi connectivity index (χ2v) is 4.87. The predicted molar refractivity (Wildman–Crippen MR) is 77.9 cm³/mol. The molecule has 0 saturated carbocycles. The minimum absolute atomic E-state index is 0.102. The molecule has 0 saturated heterocycles. The van der Waals surface area contributed by atoms with E-state index < -0.39 is 23.5 Å². The zero-order valence-corrected chi connectivity index (χ0v) is 12.6. The summed E-state index contributed by atoms with van der Waals surface area (Å²) in [6, 6.07) is 1.45. The number of nitrogens with one attached hydrogen (secondary N) is 1. The lowest BCUT2D eigenvalue weighted by Gasteiger charge is -2.10. The molecular formula is C15H15F2N3O3. The van der Waals surface area contributed by atoms with Crippen molar-refractivity contribution >= 4 is 17.6 Å². The lowest BCUT2D eigenvalue weighted by atomic mass is 10.1. The van der Waals surface area contributed by atoms with Crippen LogP contribution in [0.1, 0.15) is 22.3 Å². The van der Waals surface area contributed by atoms with Gasteiger partial charge in [-0.15, -0.1) is 0 Å². The number of carbonyl (C=O) groups excluding carboxylic acids is 2. The SMILES string of the molecule is COC(=O)c1cc(F)c(F)cc1NC(=O)CCc1cnn(C)c1. The molecule has 1 heterocycles. The molecule has 0 radical (unpaired) electrons. The number of hydrogen-bond acceptors (Lipinski definition) is 4. The molecule has 0 fully saturated rings. The first-order valence-electron chi connectivity index (χ1n) is 6.75. The van der Waals surface area contributed by atoms with Gasteiger partial charge in [-0.05, 0) is 18.1 Å². The molecule has 1 amide bonds. The van der Waals surface area contributed by atoms with E-state index in [0.29, 0.717) is 12.5 Å². The van der Waals surface area contributed by atoms with Crippen molar-refractivity contribution in [1.29, 1.82) is 0 Å². The fourth-order valence-corrected chi connectivity index (χ4v) is 2.00. The summed E-state index contributed by atoms with van der Waals surface area (Å²) < 4.78 is 32.7. The predicted octanol–water partition coefficient (Wildman–Crippen LogP) is 2.06.